The molecule has 5 rings (SSSR count). The molecule has 3 N–H and O–H groups in total. The molecule has 7 nitrogen and oxygen atoms in total. The fraction of sp³-hybridized carbons (Fsp3) is 0.320. The van der Waals surface area contributed by atoms with Crippen LogP contribution in [0.2, 0.25) is 0 Å². The van der Waals surface area contributed by atoms with E-state index >= 15 is 0 Å². The van der Waals surface area contributed by atoms with E-state index < -0.39 is 17.5 Å². The molecule has 0 spiro atoms. The summed E-state index contributed by atoms with van der Waals surface area (Å²) in [6, 6.07) is 12.9. The van der Waals surface area contributed by atoms with Crippen molar-refractivity contribution in [3.05, 3.63) is 70.9 Å². The normalized spacial score (nSPS) is 21.6. The van der Waals surface area contributed by atoms with Crippen LogP contribution in [0, 0.1) is 6.92 Å². The van der Waals surface area contributed by atoms with Crippen LogP contribution in [0.15, 0.2) is 48.7 Å². The van der Waals surface area contributed by atoms with E-state index in [9.17, 15) is 14.4 Å². The number of carbonyl (C=O) groups excluding carboxylic acids is 3. The maximum atomic E-state index is 13.0. The van der Waals surface area contributed by atoms with Crippen molar-refractivity contribution in [3.8, 4) is 0 Å². The number of urea groups is 1. The minimum Gasteiger partial charge on any atom is -0.361 e. The van der Waals surface area contributed by atoms with Crippen LogP contribution in [-0.2, 0) is 10.3 Å². The number of H-pyrrole nitrogens is 1. The summed E-state index contributed by atoms with van der Waals surface area (Å²) in [6.45, 7) is 5.16. The molecule has 164 valence electrons. The van der Waals surface area contributed by atoms with E-state index in [0.29, 0.717) is 30.1 Å². The molecule has 2 aliphatic rings. The SMILES string of the molecule is Cc1ccc2c(C3CCN(C(=O)c4ccc(C5(C)NC(=O)NC5=O)cc4)CC3)c[nH]c2c1. The Bertz CT molecular complexity index is 1220. The molecule has 3 heterocycles. The van der Waals surface area contributed by atoms with Gasteiger partial charge in [0, 0.05) is 35.8 Å². The lowest BCUT2D eigenvalue weighted by Crippen LogP contribution is -2.40. The number of hydrogen-bond acceptors (Lipinski definition) is 3. The Hall–Kier alpha value is -3.61. The Morgan fingerprint density at radius 1 is 1.06 bits per heavy atom. The number of likely N-dealkylation sites (tertiary alicyclic amines) is 1. The van der Waals surface area contributed by atoms with Crippen LogP contribution in [0.4, 0.5) is 4.79 Å². The second kappa shape index (κ2) is 7.51. The quantitative estimate of drug-likeness (QED) is 0.555. The average Bonchev–Trinajstić information content (AvgIpc) is 3.33. The minimum atomic E-state index is -1.12. The van der Waals surface area contributed by atoms with Gasteiger partial charge in [-0.25, -0.2) is 4.79 Å². The van der Waals surface area contributed by atoms with Crippen molar-refractivity contribution >= 4 is 28.7 Å². The number of imide groups is 1. The molecule has 0 aliphatic carbocycles. The number of aryl methyl sites for hydroxylation is 1. The van der Waals surface area contributed by atoms with Crippen LogP contribution in [-0.4, -0.2) is 40.8 Å². The topological polar surface area (TPSA) is 94.3 Å². The zero-order valence-corrected chi connectivity index (χ0v) is 18.2. The van der Waals surface area contributed by atoms with Gasteiger partial charge in [-0.2, -0.15) is 0 Å². The van der Waals surface area contributed by atoms with Gasteiger partial charge in [0.15, 0.2) is 0 Å². The minimum absolute atomic E-state index is 0.00499. The van der Waals surface area contributed by atoms with Crippen molar-refractivity contribution in [1.82, 2.24) is 20.5 Å². The zero-order chi connectivity index (χ0) is 22.5. The first-order valence-electron chi connectivity index (χ1n) is 11.0. The molecule has 2 fully saturated rings. The number of benzene rings is 2. The highest BCUT2D eigenvalue weighted by molar-refractivity contribution is 6.07. The molecule has 7 heteroatoms. The molecule has 32 heavy (non-hydrogen) atoms. The summed E-state index contributed by atoms with van der Waals surface area (Å²) in [7, 11) is 0. The molecule has 0 bridgehead atoms. The average molecular weight is 431 g/mol. The van der Waals surface area contributed by atoms with E-state index in [1.165, 1.54) is 22.0 Å². The molecule has 0 saturated carbocycles. The van der Waals surface area contributed by atoms with Crippen LogP contribution in [0.3, 0.4) is 0 Å². The van der Waals surface area contributed by atoms with Crippen molar-refractivity contribution in [1.29, 1.82) is 0 Å². The molecule has 4 amide bonds. The monoisotopic (exact) mass is 430 g/mol. The van der Waals surface area contributed by atoms with Crippen molar-refractivity contribution < 1.29 is 14.4 Å². The zero-order valence-electron chi connectivity index (χ0n) is 18.2. The van der Waals surface area contributed by atoms with Crippen molar-refractivity contribution in [2.45, 2.75) is 38.1 Å². The summed E-state index contributed by atoms with van der Waals surface area (Å²) in [4.78, 5) is 42.0. The summed E-state index contributed by atoms with van der Waals surface area (Å²) in [5, 5.41) is 6.17. The number of rotatable bonds is 3. The lowest BCUT2D eigenvalue weighted by atomic mass is 9.88. The van der Waals surface area contributed by atoms with Gasteiger partial charge in [-0.3, -0.25) is 14.9 Å². The molecule has 1 atom stereocenters. The lowest BCUT2D eigenvalue weighted by molar-refractivity contribution is -0.123. The third-order valence-electron chi connectivity index (χ3n) is 6.85. The number of carbonyl (C=O) groups is 3. The largest absolute Gasteiger partial charge is 0.361 e. The summed E-state index contributed by atoms with van der Waals surface area (Å²) < 4.78 is 0. The Labute approximate surface area is 186 Å². The summed E-state index contributed by atoms with van der Waals surface area (Å²) in [5.41, 5.74) is 3.85. The van der Waals surface area contributed by atoms with E-state index in [0.717, 1.165) is 12.8 Å². The number of aromatic amines is 1. The van der Waals surface area contributed by atoms with E-state index in [1.54, 1.807) is 31.2 Å². The first-order valence-corrected chi connectivity index (χ1v) is 11.0. The Kier molecular flexibility index (Phi) is 4.77. The predicted molar refractivity (Wildman–Crippen MR) is 121 cm³/mol. The number of hydrogen-bond donors (Lipinski definition) is 3. The first kappa shape index (κ1) is 20.3. The molecule has 2 aliphatic heterocycles. The Morgan fingerprint density at radius 2 is 1.78 bits per heavy atom. The van der Waals surface area contributed by atoms with Crippen molar-refractivity contribution in [3.63, 3.8) is 0 Å². The molecule has 3 aromatic rings. The number of aromatic nitrogens is 1. The highest BCUT2D eigenvalue weighted by Crippen LogP contribution is 2.34. The molecule has 2 saturated heterocycles. The van der Waals surface area contributed by atoms with E-state index in [-0.39, 0.29) is 5.91 Å². The fourth-order valence-electron chi connectivity index (χ4n) is 4.87. The van der Waals surface area contributed by atoms with Gasteiger partial charge in [-0.1, -0.05) is 24.3 Å². The van der Waals surface area contributed by atoms with E-state index in [2.05, 4.69) is 46.9 Å². The number of nitrogens with zero attached hydrogens (tertiary/aromatic N) is 1. The summed E-state index contributed by atoms with van der Waals surface area (Å²) >= 11 is 0. The standard InChI is InChI=1S/C25H26N4O3/c1-15-3-8-19-20(14-26-21(19)13-15)16-9-11-29(12-10-16)22(30)17-4-6-18(7-5-17)25(2)23(31)27-24(32)28-25/h3-8,13-14,16,26H,9-12H2,1-2H3,(H2,27,28,31,32). The van der Waals surface area contributed by atoms with Gasteiger partial charge in [0.25, 0.3) is 11.8 Å². The molecule has 0 radical (unpaired) electrons. The summed E-state index contributed by atoms with van der Waals surface area (Å²) in [5.74, 6) is 0.0352. The van der Waals surface area contributed by atoms with Crippen molar-refractivity contribution in [2.75, 3.05) is 13.1 Å². The third kappa shape index (κ3) is 3.34. The second-order valence-electron chi connectivity index (χ2n) is 8.97. The first-order chi connectivity index (χ1) is 15.3. The van der Waals surface area contributed by atoms with Crippen LogP contribution in [0.25, 0.3) is 10.9 Å². The van der Waals surface area contributed by atoms with E-state index in [1.807, 2.05) is 4.90 Å². The van der Waals surface area contributed by atoms with Gasteiger partial charge in [0.1, 0.15) is 5.54 Å². The maximum Gasteiger partial charge on any atom is 0.322 e. The highest BCUT2D eigenvalue weighted by Gasteiger charge is 2.43. The predicted octanol–water partition coefficient (Wildman–Crippen LogP) is 3.55. The fourth-order valence-corrected chi connectivity index (χ4v) is 4.87. The Balaban J connectivity index is 1.26. The molecular formula is C25H26N4O3. The van der Waals surface area contributed by atoms with Gasteiger partial charge >= 0.3 is 6.03 Å². The van der Waals surface area contributed by atoms with E-state index in [4.69, 9.17) is 0 Å². The van der Waals surface area contributed by atoms with Crippen LogP contribution in [0.1, 0.15) is 52.7 Å². The van der Waals surface area contributed by atoms with Gasteiger partial charge in [-0.05, 0) is 67.5 Å². The Morgan fingerprint density at radius 3 is 2.44 bits per heavy atom. The third-order valence-corrected chi connectivity index (χ3v) is 6.85. The number of fused-ring (bicyclic) bond motifs is 1. The van der Waals surface area contributed by atoms with Crippen LogP contribution >= 0.6 is 0 Å². The maximum absolute atomic E-state index is 13.0. The lowest BCUT2D eigenvalue weighted by Gasteiger charge is -2.32. The van der Waals surface area contributed by atoms with Gasteiger partial charge in [-0.15, -0.1) is 0 Å². The smallest absolute Gasteiger partial charge is 0.322 e. The van der Waals surface area contributed by atoms with Crippen molar-refractivity contribution in [2.24, 2.45) is 0 Å². The molecule has 2 aromatic carbocycles. The van der Waals surface area contributed by atoms with Crippen LogP contribution in [0.5, 0.6) is 0 Å². The second-order valence-corrected chi connectivity index (χ2v) is 8.97. The molecule has 1 unspecified atom stereocenters. The van der Waals surface area contributed by atoms with Gasteiger partial charge < -0.3 is 15.2 Å². The van der Waals surface area contributed by atoms with Gasteiger partial charge in [0.05, 0.1) is 0 Å². The number of piperidine rings is 1. The highest BCUT2D eigenvalue weighted by atomic mass is 16.2. The summed E-state index contributed by atoms with van der Waals surface area (Å²) in [6.07, 6.45) is 3.97. The molecule has 1 aromatic heterocycles. The number of amides is 4. The van der Waals surface area contributed by atoms with Gasteiger partial charge in [0.2, 0.25) is 0 Å². The number of nitrogens with one attached hydrogen (secondary N) is 3. The van der Waals surface area contributed by atoms with Crippen LogP contribution < -0.4 is 10.6 Å². The molecular weight excluding hydrogens is 404 g/mol.